The van der Waals surface area contributed by atoms with Crippen LogP contribution in [0.15, 0.2) is 36.7 Å². The van der Waals surface area contributed by atoms with E-state index in [-0.39, 0.29) is 5.54 Å². The molecule has 2 aromatic heterocycles. The van der Waals surface area contributed by atoms with E-state index in [1.165, 1.54) is 16.1 Å². The number of nitrogens with one attached hydrogen (secondary N) is 1. The Morgan fingerprint density at radius 3 is 2.72 bits per heavy atom. The van der Waals surface area contributed by atoms with Crippen LogP contribution < -0.4 is 15.5 Å². The first-order chi connectivity index (χ1) is 15.7. The Balaban J connectivity index is 1.25. The third-order valence-electron chi connectivity index (χ3n) is 7.59. The molecule has 6 nitrogen and oxygen atoms in total. The second kappa shape index (κ2) is 7.76. The van der Waals surface area contributed by atoms with Crippen molar-refractivity contribution < 1.29 is 4.79 Å². The van der Waals surface area contributed by atoms with Crippen molar-refractivity contribution in [1.29, 1.82) is 0 Å². The number of likely N-dealkylation sites (tertiary alicyclic amines) is 1. The molecule has 1 aromatic carbocycles. The van der Waals surface area contributed by atoms with E-state index in [1.807, 2.05) is 30.5 Å². The number of fused-ring (bicyclic) bond motifs is 2. The van der Waals surface area contributed by atoms with Gasteiger partial charge in [0.25, 0.3) is 0 Å². The van der Waals surface area contributed by atoms with Crippen LogP contribution in [-0.4, -0.2) is 44.4 Å². The van der Waals surface area contributed by atoms with Crippen molar-refractivity contribution in [1.82, 2.24) is 19.9 Å². The molecule has 6 heteroatoms. The number of carbonyl (C=O) groups excluding carboxylic acids is 1. The zero-order valence-corrected chi connectivity index (χ0v) is 18.4. The highest BCUT2D eigenvalue weighted by Crippen LogP contribution is 2.39. The predicted molar refractivity (Wildman–Crippen MR) is 126 cm³/mol. The highest BCUT2D eigenvalue weighted by molar-refractivity contribution is 5.78. The first-order valence-electron chi connectivity index (χ1n) is 11.9. The van der Waals surface area contributed by atoms with Gasteiger partial charge in [-0.25, -0.2) is 4.98 Å². The molecule has 6 rings (SSSR count). The van der Waals surface area contributed by atoms with Gasteiger partial charge in [-0.3, -0.25) is 9.78 Å². The van der Waals surface area contributed by atoms with Gasteiger partial charge in [-0.2, -0.15) is 0 Å². The van der Waals surface area contributed by atoms with E-state index in [4.69, 9.17) is 4.98 Å². The molecular formula is C26H29N5O. The van der Waals surface area contributed by atoms with E-state index in [9.17, 15) is 4.79 Å². The number of hydrogen-bond acceptors (Lipinski definition) is 4. The molecule has 0 radical (unpaired) electrons. The van der Waals surface area contributed by atoms with Gasteiger partial charge >= 0.3 is 0 Å². The van der Waals surface area contributed by atoms with Gasteiger partial charge in [0.15, 0.2) is 0 Å². The Bertz CT molecular complexity index is 1290. The van der Waals surface area contributed by atoms with Gasteiger partial charge in [0.2, 0.25) is 5.91 Å². The summed E-state index contributed by atoms with van der Waals surface area (Å²) in [5, 5.41) is 2.52. The van der Waals surface area contributed by atoms with Gasteiger partial charge in [-0.1, -0.05) is 24.3 Å². The molecule has 0 unspecified atom stereocenters. The zero-order chi connectivity index (χ0) is 21.5. The minimum absolute atomic E-state index is 0.0430. The SMILES string of the molecule is O=C1CCCC2(CCN(c3cnc4ccccc4n3)CC2)N1Cc1c[nH]c2c1=CCCC=2. The van der Waals surface area contributed by atoms with Gasteiger partial charge in [0.05, 0.1) is 17.2 Å². The topological polar surface area (TPSA) is 65.1 Å². The standard InChI is InChI=1S/C26H29N5O/c32-25-10-5-11-26(31(25)18-19-16-27-21-7-2-1-6-20(19)21)12-14-30(15-13-26)24-17-28-22-8-3-4-9-23(22)29-24/h3-4,6-9,16-17,27H,1-2,5,10-15,18H2. The molecule has 0 atom stereocenters. The fourth-order valence-electron chi connectivity index (χ4n) is 5.79. The lowest BCUT2D eigenvalue weighted by atomic mass is 9.78. The quantitative estimate of drug-likeness (QED) is 0.698. The Hall–Kier alpha value is -3.15. The molecule has 3 aromatic rings. The van der Waals surface area contributed by atoms with Crippen LogP contribution in [0, 0.1) is 0 Å². The van der Waals surface area contributed by atoms with E-state index in [0.717, 1.165) is 68.5 Å². The maximum absolute atomic E-state index is 13.1. The lowest BCUT2D eigenvalue weighted by Crippen LogP contribution is -2.59. The number of H-pyrrole nitrogens is 1. The van der Waals surface area contributed by atoms with Crippen LogP contribution in [0.2, 0.25) is 0 Å². The number of para-hydroxylation sites is 2. The summed E-state index contributed by atoms with van der Waals surface area (Å²) in [4.78, 5) is 30.5. The van der Waals surface area contributed by atoms with Crippen molar-refractivity contribution in [3.05, 3.63) is 52.8 Å². The van der Waals surface area contributed by atoms with Gasteiger partial charge in [0, 0.05) is 48.4 Å². The molecule has 3 aliphatic rings. The van der Waals surface area contributed by atoms with E-state index in [0.29, 0.717) is 18.9 Å². The molecule has 2 aliphatic heterocycles. The summed E-state index contributed by atoms with van der Waals surface area (Å²) in [5.74, 6) is 1.25. The Kier molecular flexibility index (Phi) is 4.74. The summed E-state index contributed by atoms with van der Waals surface area (Å²) < 4.78 is 0. The third-order valence-corrected chi connectivity index (χ3v) is 7.59. The number of anilines is 1. The molecule has 164 valence electrons. The molecule has 4 heterocycles. The van der Waals surface area contributed by atoms with Gasteiger partial charge in [0.1, 0.15) is 5.82 Å². The van der Waals surface area contributed by atoms with Crippen LogP contribution >= 0.6 is 0 Å². The molecule has 1 amide bonds. The molecule has 2 saturated heterocycles. The second-order valence-electron chi connectivity index (χ2n) is 9.39. The normalized spacial score (nSPS) is 20.2. The maximum Gasteiger partial charge on any atom is 0.223 e. The number of nitrogens with zero attached hydrogens (tertiary/aromatic N) is 4. The van der Waals surface area contributed by atoms with Gasteiger partial charge in [-0.15, -0.1) is 0 Å². The summed E-state index contributed by atoms with van der Waals surface area (Å²) >= 11 is 0. The van der Waals surface area contributed by atoms with Crippen molar-refractivity contribution in [2.75, 3.05) is 18.0 Å². The first-order valence-corrected chi connectivity index (χ1v) is 11.9. The number of piperidine rings is 2. The summed E-state index contributed by atoms with van der Waals surface area (Å²) in [5.41, 5.74) is 3.08. The van der Waals surface area contributed by atoms with E-state index >= 15 is 0 Å². The van der Waals surface area contributed by atoms with Gasteiger partial charge in [-0.05, 0) is 56.2 Å². The number of amides is 1. The molecule has 0 saturated carbocycles. The van der Waals surface area contributed by atoms with E-state index in [2.05, 4.69) is 38.1 Å². The highest BCUT2D eigenvalue weighted by Gasteiger charge is 2.44. The average Bonchev–Trinajstić information content (AvgIpc) is 3.25. The number of aromatic nitrogens is 3. The van der Waals surface area contributed by atoms with Crippen molar-refractivity contribution >= 4 is 34.9 Å². The van der Waals surface area contributed by atoms with Crippen LogP contribution in [-0.2, 0) is 11.3 Å². The van der Waals surface area contributed by atoms with E-state index < -0.39 is 0 Å². The maximum atomic E-state index is 13.1. The fourth-order valence-corrected chi connectivity index (χ4v) is 5.79. The predicted octanol–water partition coefficient (Wildman–Crippen LogP) is 2.86. The van der Waals surface area contributed by atoms with Crippen LogP contribution in [0.5, 0.6) is 0 Å². The number of carbonyl (C=O) groups is 1. The Morgan fingerprint density at radius 1 is 1.03 bits per heavy atom. The number of hydrogen-bond donors (Lipinski definition) is 1. The summed E-state index contributed by atoms with van der Waals surface area (Å²) in [7, 11) is 0. The lowest BCUT2D eigenvalue weighted by molar-refractivity contribution is -0.144. The zero-order valence-electron chi connectivity index (χ0n) is 18.4. The second-order valence-corrected chi connectivity index (χ2v) is 9.39. The Morgan fingerprint density at radius 2 is 1.84 bits per heavy atom. The monoisotopic (exact) mass is 427 g/mol. The molecule has 1 aliphatic carbocycles. The molecule has 2 fully saturated rings. The smallest absolute Gasteiger partial charge is 0.223 e. The minimum atomic E-state index is -0.0430. The molecule has 1 N–H and O–H groups in total. The van der Waals surface area contributed by atoms with Crippen molar-refractivity contribution in [2.24, 2.45) is 0 Å². The van der Waals surface area contributed by atoms with Crippen LogP contribution in [0.25, 0.3) is 23.2 Å². The molecule has 0 bridgehead atoms. The number of benzene rings is 1. The van der Waals surface area contributed by atoms with Crippen molar-refractivity contribution in [3.8, 4) is 0 Å². The fraction of sp³-hybridized carbons (Fsp3) is 0.423. The average molecular weight is 428 g/mol. The number of aromatic amines is 1. The lowest BCUT2D eigenvalue weighted by Gasteiger charge is -2.51. The molecule has 32 heavy (non-hydrogen) atoms. The van der Waals surface area contributed by atoms with Crippen LogP contribution in [0.4, 0.5) is 5.82 Å². The van der Waals surface area contributed by atoms with Crippen LogP contribution in [0.3, 0.4) is 0 Å². The first kappa shape index (κ1) is 19.5. The minimum Gasteiger partial charge on any atom is -0.361 e. The summed E-state index contributed by atoms with van der Waals surface area (Å²) in [6.45, 7) is 2.52. The summed E-state index contributed by atoms with van der Waals surface area (Å²) in [6.07, 6.45) is 15.5. The molecular weight excluding hydrogens is 398 g/mol. The van der Waals surface area contributed by atoms with Crippen LogP contribution in [0.1, 0.15) is 50.5 Å². The molecule has 1 spiro atoms. The van der Waals surface area contributed by atoms with E-state index in [1.54, 1.807) is 0 Å². The number of rotatable bonds is 3. The highest BCUT2D eigenvalue weighted by atomic mass is 16.2. The van der Waals surface area contributed by atoms with Gasteiger partial charge < -0.3 is 14.8 Å². The Labute approximate surface area is 187 Å². The largest absolute Gasteiger partial charge is 0.361 e. The summed E-state index contributed by atoms with van der Waals surface area (Å²) in [6, 6.07) is 8.02. The van der Waals surface area contributed by atoms with Crippen molar-refractivity contribution in [3.63, 3.8) is 0 Å². The van der Waals surface area contributed by atoms with Crippen molar-refractivity contribution in [2.45, 2.75) is 57.0 Å². The third kappa shape index (κ3) is 3.29.